The number of esters is 1. The van der Waals surface area contributed by atoms with Gasteiger partial charge >= 0.3 is 5.97 Å². The summed E-state index contributed by atoms with van der Waals surface area (Å²) in [5.74, 6) is 0.487. The number of benzene rings is 1. The number of anilines is 1. The fourth-order valence-electron chi connectivity index (χ4n) is 3.58. The Labute approximate surface area is 173 Å². The van der Waals surface area contributed by atoms with Crippen molar-refractivity contribution < 1.29 is 33.3 Å². The van der Waals surface area contributed by atoms with Crippen LogP contribution in [0.1, 0.15) is 19.8 Å². The van der Waals surface area contributed by atoms with Crippen molar-refractivity contribution in [3.8, 4) is 17.2 Å². The van der Waals surface area contributed by atoms with E-state index in [9.17, 15) is 14.4 Å². The van der Waals surface area contributed by atoms with Crippen LogP contribution in [0.4, 0.5) is 5.69 Å². The van der Waals surface area contributed by atoms with Gasteiger partial charge in [-0.15, -0.1) is 11.8 Å². The van der Waals surface area contributed by atoms with E-state index >= 15 is 0 Å². The molecule has 9 nitrogen and oxygen atoms in total. The van der Waals surface area contributed by atoms with E-state index in [1.165, 1.54) is 21.3 Å². The number of carbonyl (C=O) groups excluding carboxylic acids is 3. The number of methoxy groups -OCH3 is 3. The topological polar surface area (TPSA) is 103 Å². The highest BCUT2D eigenvalue weighted by atomic mass is 32.2. The third-order valence-corrected chi connectivity index (χ3v) is 6.52. The van der Waals surface area contributed by atoms with Gasteiger partial charge in [0.25, 0.3) is 5.91 Å². The Morgan fingerprint density at radius 1 is 1.21 bits per heavy atom. The van der Waals surface area contributed by atoms with Gasteiger partial charge in [0.1, 0.15) is 6.04 Å². The number of thioether (sulfide) groups is 1. The molecule has 0 aliphatic carbocycles. The second kappa shape index (κ2) is 8.40. The minimum absolute atomic E-state index is 0.0543. The van der Waals surface area contributed by atoms with Crippen molar-refractivity contribution >= 4 is 35.2 Å². The van der Waals surface area contributed by atoms with Crippen LogP contribution in [-0.2, 0) is 19.1 Å². The summed E-state index contributed by atoms with van der Waals surface area (Å²) in [5, 5.41) is 2.63. The molecule has 0 bridgehead atoms. The smallest absolute Gasteiger partial charge is 0.330 e. The van der Waals surface area contributed by atoms with Gasteiger partial charge in [-0.05, 0) is 13.3 Å². The second-order valence-electron chi connectivity index (χ2n) is 6.84. The molecule has 0 saturated carbocycles. The van der Waals surface area contributed by atoms with Crippen LogP contribution in [-0.4, -0.2) is 67.3 Å². The summed E-state index contributed by atoms with van der Waals surface area (Å²) in [7, 11) is 4.42. The predicted octanol–water partition coefficient (Wildman–Crippen LogP) is 1.65. The van der Waals surface area contributed by atoms with Gasteiger partial charge in [-0.25, -0.2) is 4.79 Å². The van der Waals surface area contributed by atoms with Crippen molar-refractivity contribution in [1.82, 2.24) is 4.90 Å². The lowest BCUT2D eigenvalue weighted by Crippen LogP contribution is -2.47. The maximum Gasteiger partial charge on any atom is 0.330 e. The van der Waals surface area contributed by atoms with Crippen LogP contribution < -0.4 is 19.5 Å². The predicted molar refractivity (Wildman–Crippen MR) is 106 cm³/mol. The van der Waals surface area contributed by atoms with Crippen LogP contribution in [0.2, 0.25) is 0 Å². The van der Waals surface area contributed by atoms with E-state index in [2.05, 4.69) is 5.32 Å². The number of ether oxygens (including phenoxy) is 4. The minimum atomic E-state index is -0.658. The summed E-state index contributed by atoms with van der Waals surface area (Å²) < 4.78 is 20.9. The standard InChI is InChI=1S/C19H24N2O7S/c1-19-6-5-16(23)21(19)12(10-29-19)18(24)28-9-15(22)20-11-7-13(25-2)17(27-4)14(8-11)26-3/h7-8,12H,5-6,9-10H2,1-4H3,(H,20,22)/t12-,19-/m0/s1. The Morgan fingerprint density at radius 3 is 2.45 bits per heavy atom. The summed E-state index contributed by atoms with van der Waals surface area (Å²) in [4.78, 5) is 38.1. The van der Waals surface area contributed by atoms with Gasteiger partial charge in [-0.2, -0.15) is 0 Å². The fraction of sp³-hybridized carbons (Fsp3) is 0.526. The lowest BCUT2D eigenvalue weighted by Gasteiger charge is -2.29. The summed E-state index contributed by atoms with van der Waals surface area (Å²) in [5.41, 5.74) is 0.402. The zero-order valence-corrected chi connectivity index (χ0v) is 17.6. The normalized spacial score (nSPS) is 22.8. The Bertz CT molecular complexity index is 806. The second-order valence-corrected chi connectivity index (χ2v) is 8.34. The highest BCUT2D eigenvalue weighted by molar-refractivity contribution is 8.01. The third-order valence-electron chi connectivity index (χ3n) is 5.01. The molecule has 3 rings (SSSR count). The Kier molecular flexibility index (Phi) is 6.11. The molecule has 2 heterocycles. The minimum Gasteiger partial charge on any atom is -0.493 e. The highest BCUT2D eigenvalue weighted by Crippen LogP contribution is 2.47. The Balaban J connectivity index is 1.60. The quantitative estimate of drug-likeness (QED) is 0.659. The number of rotatable bonds is 7. The Hall–Kier alpha value is -2.62. The number of nitrogens with one attached hydrogen (secondary N) is 1. The van der Waals surface area contributed by atoms with Crippen LogP contribution >= 0.6 is 11.8 Å². The molecule has 0 unspecified atom stereocenters. The van der Waals surface area contributed by atoms with Gasteiger partial charge in [-0.3, -0.25) is 9.59 Å². The van der Waals surface area contributed by atoms with Crippen LogP contribution in [0.15, 0.2) is 12.1 Å². The zero-order chi connectivity index (χ0) is 21.2. The molecule has 1 aromatic rings. The van der Waals surface area contributed by atoms with Crippen molar-refractivity contribution in [3.63, 3.8) is 0 Å². The summed E-state index contributed by atoms with van der Waals surface area (Å²) in [6, 6.07) is 2.49. The molecule has 29 heavy (non-hydrogen) atoms. The summed E-state index contributed by atoms with van der Waals surface area (Å²) in [6.45, 7) is 1.49. The van der Waals surface area contributed by atoms with Crippen molar-refractivity contribution in [2.24, 2.45) is 0 Å². The van der Waals surface area contributed by atoms with Crippen molar-refractivity contribution in [2.75, 3.05) is 39.0 Å². The largest absolute Gasteiger partial charge is 0.493 e. The molecule has 2 fully saturated rings. The van der Waals surface area contributed by atoms with Gasteiger partial charge < -0.3 is 29.2 Å². The van der Waals surface area contributed by atoms with E-state index in [1.807, 2.05) is 6.92 Å². The molecule has 1 N–H and O–H groups in total. The van der Waals surface area contributed by atoms with E-state index in [1.54, 1.807) is 28.8 Å². The van der Waals surface area contributed by atoms with E-state index in [0.29, 0.717) is 41.5 Å². The lowest BCUT2D eigenvalue weighted by atomic mass is 10.2. The van der Waals surface area contributed by atoms with Gasteiger partial charge in [0.15, 0.2) is 18.1 Å². The molecular weight excluding hydrogens is 400 g/mol. The van der Waals surface area contributed by atoms with E-state index < -0.39 is 24.5 Å². The molecule has 2 aliphatic heterocycles. The number of carbonyl (C=O) groups is 3. The molecule has 0 spiro atoms. The average Bonchev–Trinajstić information content (AvgIpc) is 3.21. The summed E-state index contributed by atoms with van der Waals surface area (Å²) in [6.07, 6.45) is 1.14. The molecule has 10 heteroatoms. The lowest BCUT2D eigenvalue weighted by molar-refractivity contribution is -0.155. The third kappa shape index (κ3) is 4.07. The molecule has 2 aliphatic rings. The average molecular weight is 424 g/mol. The first kappa shape index (κ1) is 21.1. The first-order valence-corrected chi connectivity index (χ1v) is 10.0. The number of hydrogen-bond donors (Lipinski definition) is 1. The monoisotopic (exact) mass is 424 g/mol. The van der Waals surface area contributed by atoms with Crippen LogP contribution in [0.5, 0.6) is 17.2 Å². The molecule has 2 amide bonds. The van der Waals surface area contributed by atoms with E-state index in [0.717, 1.165) is 0 Å². The first-order valence-electron chi connectivity index (χ1n) is 9.05. The summed E-state index contributed by atoms with van der Waals surface area (Å²) >= 11 is 1.57. The Morgan fingerprint density at radius 2 is 1.86 bits per heavy atom. The first-order chi connectivity index (χ1) is 13.8. The molecule has 0 aromatic heterocycles. The SMILES string of the molecule is COc1cc(NC(=O)COC(=O)[C@@H]2CS[C@@]3(C)CCC(=O)N23)cc(OC)c1OC. The number of fused-ring (bicyclic) bond motifs is 1. The zero-order valence-electron chi connectivity index (χ0n) is 16.8. The maximum atomic E-state index is 12.5. The molecule has 0 radical (unpaired) electrons. The van der Waals surface area contributed by atoms with Crippen LogP contribution in [0, 0.1) is 0 Å². The van der Waals surface area contributed by atoms with E-state index in [4.69, 9.17) is 18.9 Å². The van der Waals surface area contributed by atoms with Crippen molar-refractivity contribution in [2.45, 2.75) is 30.7 Å². The van der Waals surface area contributed by atoms with Gasteiger partial charge in [-0.1, -0.05) is 0 Å². The highest BCUT2D eigenvalue weighted by Gasteiger charge is 2.53. The van der Waals surface area contributed by atoms with Crippen LogP contribution in [0.3, 0.4) is 0 Å². The molecule has 1 aromatic carbocycles. The molecule has 2 atom stereocenters. The van der Waals surface area contributed by atoms with Gasteiger partial charge in [0.05, 0.1) is 26.2 Å². The molecular formula is C19H24N2O7S. The van der Waals surface area contributed by atoms with Crippen molar-refractivity contribution in [1.29, 1.82) is 0 Å². The number of amides is 2. The number of hydrogen-bond acceptors (Lipinski definition) is 8. The van der Waals surface area contributed by atoms with E-state index in [-0.39, 0.29) is 10.8 Å². The van der Waals surface area contributed by atoms with Crippen LogP contribution in [0.25, 0.3) is 0 Å². The van der Waals surface area contributed by atoms with Crippen molar-refractivity contribution in [3.05, 3.63) is 12.1 Å². The molecule has 158 valence electrons. The maximum absolute atomic E-state index is 12.5. The van der Waals surface area contributed by atoms with Gasteiger partial charge in [0, 0.05) is 30.0 Å². The number of nitrogens with zero attached hydrogens (tertiary/aromatic N) is 1. The van der Waals surface area contributed by atoms with Gasteiger partial charge in [0.2, 0.25) is 11.7 Å². The molecule has 2 saturated heterocycles. The fourth-order valence-corrected chi connectivity index (χ4v) is 4.99.